The van der Waals surface area contributed by atoms with Gasteiger partial charge in [-0.3, -0.25) is 4.79 Å². The van der Waals surface area contributed by atoms with Crippen molar-refractivity contribution in [2.24, 2.45) is 5.92 Å². The van der Waals surface area contributed by atoms with Crippen molar-refractivity contribution in [3.8, 4) is 0 Å². The molecule has 0 aliphatic carbocycles. The zero-order valence-electron chi connectivity index (χ0n) is 12.3. The Hall–Kier alpha value is -1.45. The van der Waals surface area contributed by atoms with Crippen molar-refractivity contribution in [2.75, 3.05) is 23.7 Å². The van der Waals surface area contributed by atoms with E-state index in [0.717, 1.165) is 43.4 Å². The van der Waals surface area contributed by atoms with Crippen LogP contribution in [0.3, 0.4) is 0 Å². The van der Waals surface area contributed by atoms with Crippen molar-refractivity contribution in [1.82, 2.24) is 4.57 Å². The standard InChI is InChI=1S/C15H25N3O/c1-4-7-18-12(3)10-13(14(16)15(18)19)17-8-5-11(2)6-9-17/h10-11H,4-9,16H2,1-3H3. The third-order valence-electron chi connectivity index (χ3n) is 4.09. The highest BCUT2D eigenvalue weighted by molar-refractivity contribution is 5.67. The van der Waals surface area contributed by atoms with Crippen LogP contribution in [0.15, 0.2) is 10.9 Å². The van der Waals surface area contributed by atoms with Gasteiger partial charge in [0.1, 0.15) is 5.69 Å². The van der Waals surface area contributed by atoms with Crippen LogP contribution in [-0.4, -0.2) is 17.7 Å². The lowest BCUT2D eigenvalue weighted by Gasteiger charge is -2.33. The number of anilines is 2. The number of hydrogen-bond donors (Lipinski definition) is 1. The van der Waals surface area contributed by atoms with Gasteiger partial charge in [0.15, 0.2) is 0 Å². The lowest BCUT2D eigenvalue weighted by Crippen LogP contribution is -2.36. The fraction of sp³-hybridized carbons (Fsp3) is 0.667. The van der Waals surface area contributed by atoms with Crippen LogP contribution >= 0.6 is 0 Å². The molecule has 1 fully saturated rings. The minimum absolute atomic E-state index is 0.0320. The molecule has 19 heavy (non-hydrogen) atoms. The zero-order valence-corrected chi connectivity index (χ0v) is 12.3. The van der Waals surface area contributed by atoms with Crippen LogP contribution < -0.4 is 16.2 Å². The third-order valence-corrected chi connectivity index (χ3v) is 4.09. The van der Waals surface area contributed by atoms with Gasteiger partial charge < -0.3 is 15.2 Å². The highest BCUT2D eigenvalue weighted by Gasteiger charge is 2.20. The maximum Gasteiger partial charge on any atom is 0.276 e. The number of nitrogens with two attached hydrogens (primary N) is 1. The summed E-state index contributed by atoms with van der Waals surface area (Å²) in [5, 5.41) is 0. The Kier molecular flexibility index (Phi) is 4.17. The van der Waals surface area contributed by atoms with Crippen LogP contribution in [-0.2, 0) is 6.54 Å². The molecule has 1 aliphatic heterocycles. The number of nitrogen functional groups attached to an aromatic ring is 1. The van der Waals surface area contributed by atoms with Crippen LogP contribution in [0.1, 0.15) is 38.8 Å². The Labute approximate surface area is 115 Å². The molecule has 4 nitrogen and oxygen atoms in total. The lowest BCUT2D eigenvalue weighted by molar-refractivity contribution is 0.438. The zero-order chi connectivity index (χ0) is 14.0. The van der Waals surface area contributed by atoms with E-state index in [-0.39, 0.29) is 5.56 Å². The summed E-state index contributed by atoms with van der Waals surface area (Å²) in [5.41, 5.74) is 8.39. The fourth-order valence-corrected chi connectivity index (χ4v) is 2.78. The molecule has 2 rings (SSSR count). The average molecular weight is 263 g/mol. The van der Waals surface area contributed by atoms with Crippen molar-refractivity contribution in [2.45, 2.75) is 46.6 Å². The molecule has 0 atom stereocenters. The van der Waals surface area contributed by atoms with Gasteiger partial charge in [0.25, 0.3) is 5.56 Å². The van der Waals surface area contributed by atoms with Crippen LogP contribution in [0.25, 0.3) is 0 Å². The second kappa shape index (κ2) is 5.68. The molecule has 1 saturated heterocycles. The molecule has 1 aromatic heterocycles. The molecule has 0 bridgehead atoms. The van der Waals surface area contributed by atoms with Crippen LogP contribution in [0.5, 0.6) is 0 Å². The first-order valence-corrected chi connectivity index (χ1v) is 7.29. The van der Waals surface area contributed by atoms with Crippen LogP contribution in [0, 0.1) is 12.8 Å². The van der Waals surface area contributed by atoms with Gasteiger partial charge in [0.05, 0.1) is 5.69 Å². The summed E-state index contributed by atoms with van der Waals surface area (Å²) in [6.45, 7) is 9.09. The molecule has 2 N–H and O–H groups in total. The van der Waals surface area contributed by atoms with E-state index in [1.807, 2.05) is 6.92 Å². The van der Waals surface area contributed by atoms with E-state index >= 15 is 0 Å². The molecule has 0 unspecified atom stereocenters. The quantitative estimate of drug-likeness (QED) is 0.911. The van der Waals surface area contributed by atoms with Gasteiger partial charge >= 0.3 is 0 Å². The molecule has 106 valence electrons. The summed E-state index contributed by atoms with van der Waals surface area (Å²) in [4.78, 5) is 14.6. The molecule has 0 saturated carbocycles. The normalized spacial score (nSPS) is 16.9. The predicted octanol–water partition coefficient (Wildman–Crippen LogP) is 2.39. The van der Waals surface area contributed by atoms with Crippen molar-refractivity contribution in [1.29, 1.82) is 0 Å². The number of pyridine rings is 1. The molecule has 0 spiro atoms. The van der Waals surface area contributed by atoms with Crippen LogP contribution in [0.2, 0.25) is 0 Å². The molecule has 0 radical (unpaired) electrons. The van der Waals surface area contributed by atoms with Crippen LogP contribution in [0.4, 0.5) is 11.4 Å². The first kappa shape index (κ1) is 14.0. The predicted molar refractivity (Wildman–Crippen MR) is 80.8 cm³/mol. The van der Waals surface area contributed by atoms with E-state index in [1.165, 1.54) is 12.8 Å². The van der Waals surface area contributed by atoms with Gasteiger partial charge in [-0.15, -0.1) is 0 Å². The Morgan fingerprint density at radius 2 is 2.00 bits per heavy atom. The molecular formula is C15H25N3O. The first-order valence-electron chi connectivity index (χ1n) is 7.29. The van der Waals surface area contributed by atoms with Crippen molar-refractivity contribution in [3.05, 3.63) is 22.1 Å². The monoisotopic (exact) mass is 263 g/mol. The minimum atomic E-state index is -0.0320. The van der Waals surface area contributed by atoms with E-state index < -0.39 is 0 Å². The molecule has 2 heterocycles. The highest BCUT2D eigenvalue weighted by atomic mass is 16.1. The Morgan fingerprint density at radius 1 is 1.37 bits per heavy atom. The van der Waals surface area contributed by atoms with E-state index in [2.05, 4.69) is 24.8 Å². The van der Waals surface area contributed by atoms with E-state index in [1.54, 1.807) is 4.57 Å². The molecular weight excluding hydrogens is 238 g/mol. The summed E-state index contributed by atoms with van der Waals surface area (Å²) in [5.74, 6) is 0.777. The number of hydrogen-bond acceptors (Lipinski definition) is 3. The number of rotatable bonds is 3. The molecule has 0 amide bonds. The van der Waals surface area contributed by atoms with Gasteiger partial charge in [0, 0.05) is 25.3 Å². The van der Waals surface area contributed by atoms with Gasteiger partial charge in [-0.1, -0.05) is 13.8 Å². The Balaban J connectivity index is 2.34. The van der Waals surface area contributed by atoms with Crippen molar-refractivity contribution < 1.29 is 0 Å². The summed E-state index contributed by atoms with van der Waals surface area (Å²) in [7, 11) is 0. The maximum absolute atomic E-state index is 12.3. The van der Waals surface area contributed by atoms with E-state index in [9.17, 15) is 4.79 Å². The van der Waals surface area contributed by atoms with E-state index in [0.29, 0.717) is 5.69 Å². The smallest absolute Gasteiger partial charge is 0.276 e. The third kappa shape index (κ3) is 2.77. The highest BCUT2D eigenvalue weighted by Crippen LogP contribution is 2.26. The summed E-state index contributed by atoms with van der Waals surface area (Å²) in [6.07, 6.45) is 3.30. The number of nitrogens with zero attached hydrogens (tertiary/aromatic N) is 2. The topological polar surface area (TPSA) is 51.3 Å². The maximum atomic E-state index is 12.3. The second-order valence-electron chi connectivity index (χ2n) is 5.71. The van der Waals surface area contributed by atoms with Gasteiger partial charge in [-0.2, -0.15) is 0 Å². The lowest BCUT2D eigenvalue weighted by atomic mass is 9.98. The molecule has 4 heteroatoms. The minimum Gasteiger partial charge on any atom is -0.393 e. The van der Waals surface area contributed by atoms with E-state index in [4.69, 9.17) is 5.73 Å². The molecule has 1 aromatic rings. The summed E-state index contributed by atoms with van der Waals surface area (Å²) < 4.78 is 1.78. The largest absolute Gasteiger partial charge is 0.393 e. The number of aromatic nitrogens is 1. The Bertz CT molecular complexity index is 499. The molecule has 0 aromatic carbocycles. The average Bonchev–Trinajstić information content (AvgIpc) is 2.40. The van der Waals surface area contributed by atoms with Crippen molar-refractivity contribution in [3.63, 3.8) is 0 Å². The summed E-state index contributed by atoms with van der Waals surface area (Å²) >= 11 is 0. The fourth-order valence-electron chi connectivity index (χ4n) is 2.78. The number of aryl methyl sites for hydroxylation is 1. The molecule has 1 aliphatic rings. The SMILES string of the molecule is CCCn1c(C)cc(N2CCC(C)CC2)c(N)c1=O. The van der Waals surface area contributed by atoms with Gasteiger partial charge in [0.2, 0.25) is 0 Å². The second-order valence-corrected chi connectivity index (χ2v) is 5.71. The first-order chi connectivity index (χ1) is 9.04. The summed E-state index contributed by atoms with van der Waals surface area (Å²) in [6, 6.07) is 2.07. The number of piperidine rings is 1. The Morgan fingerprint density at radius 3 is 2.58 bits per heavy atom. The van der Waals surface area contributed by atoms with Gasteiger partial charge in [-0.05, 0) is 38.2 Å². The van der Waals surface area contributed by atoms with Gasteiger partial charge in [-0.25, -0.2) is 0 Å². The van der Waals surface area contributed by atoms with Crippen molar-refractivity contribution >= 4 is 11.4 Å².